The Balaban J connectivity index is 1.68. The molecule has 126 valence electrons. The summed E-state index contributed by atoms with van der Waals surface area (Å²) in [7, 11) is -0.966. The van der Waals surface area contributed by atoms with Crippen LogP contribution in [0.5, 0.6) is 0 Å². The Morgan fingerprint density at radius 1 is 1.21 bits per heavy atom. The summed E-state index contributed by atoms with van der Waals surface area (Å²) in [6.07, 6.45) is 2.05. The van der Waals surface area contributed by atoms with Gasteiger partial charge in [0, 0.05) is 45.9 Å². The first-order valence-electron chi connectivity index (χ1n) is 7.59. The summed E-state index contributed by atoms with van der Waals surface area (Å²) in [6, 6.07) is 10.8. The molecule has 2 aromatic carbocycles. The molecule has 3 nitrogen and oxygen atoms in total. The highest BCUT2D eigenvalue weighted by molar-refractivity contribution is 7.83. The molecule has 0 heterocycles. The third kappa shape index (κ3) is 3.70. The van der Waals surface area contributed by atoms with Crippen LogP contribution in [0.25, 0.3) is 0 Å². The smallest absolute Gasteiger partial charge is 0.228 e. The molecule has 3 unspecified atom stereocenters. The molecular formula is C18H17F2NO2S. The zero-order chi connectivity index (χ0) is 17.3. The Bertz CT molecular complexity index is 789. The van der Waals surface area contributed by atoms with Gasteiger partial charge in [0.25, 0.3) is 0 Å². The van der Waals surface area contributed by atoms with Gasteiger partial charge in [0.15, 0.2) is 0 Å². The summed E-state index contributed by atoms with van der Waals surface area (Å²) in [5.74, 6) is -1.91. The van der Waals surface area contributed by atoms with Crippen LogP contribution >= 0.6 is 0 Å². The van der Waals surface area contributed by atoms with Crippen LogP contribution in [0.4, 0.5) is 14.5 Å². The molecule has 24 heavy (non-hydrogen) atoms. The number of anilines is 1. The Morgan fingerprint density at radius 3 is 2.54 bits per heavy atom. The molecule has 0 bridgehead atoms. The van der Waals surface area contributed by atoms with Crippen LogP contribution in [0.1, 0.15) is 23.5 Å². The average Bonchev–Trinajstić information content (AvgIpc) is 3.27. The van der Waals surface area contributed by atoms with Crippen molar-refractivity contribution >= 4 is 22.4 Å². The molecule has 6 heteroatoms. The van der Waals surface area contributed by atoms with E-state index >= 15 is 0 Å². The van der Waals surface area contributed by atoms with E-state index < -0.39 is 34.3 Å². The van der Waals surface area contributed by atoms with Crippen molar-refractivity contribution in [2.75, 3.05) is 11.6 Å². The van der Waals surface area contributed by atoms with Crippen molar-refractivity contribution in [1.82, 2.24) is 0 Å². The number of amides is 1. The topological polar surface area (TPSA) is 46.2 Å². The molecule has 1 amide bonds. The molecule has 2 aromatic rings. The minimum absolute atomic E-state index is 0.00668. The Hall–Kier alpha value is -2.08. The van der Waals surface area contributed by atoms with Gasteiger partial charge < -0.3 is 5.32 Å². The predicted molar refractivity (Wildman–Crippen MR) is 90.0 cm³/mol. The third-order valence-electron chi connectivity index (χ3n) is 4.06. The second kappa shape index (κ2) is 6.81. The van der Waals surface area contributed by atoms with E-state index in [0.29, 0.717) is 17.9 Å². The molecule has 0 radical (unpaired) electrons. The highest BCUT2D eigenvalue weighted by atomic mass is 32.2. The van der Waals surface area contributed by atoms with Gasteiger partial charge in [0.2, 0.25) is 5.91 Å². The van der Waals surface area contributed by atoms with Crippen LogP contribution in [0.3, 0.4) is 0 Å². The standard InChI is InChI=1S/C18H17F2NO2S/c1-24(23)10-11-4-2-5-12(8-11)21-18(22)14-9-13(14)17-15(19)6-3-7-16(17)20/h2-8,13-14H,9-10H2,1H3,(H,21,22). The van der Waals surface area contributed by atoms with Gasteiger partial charge in [-0.3, -0.25) is 9.00 Å². The molecule has 0 aromatic heterocycles. The Labute approximate surface area is 141 Å². The van der Waals surface area contributed by atoms with E-state index in [4.69, 9.17) is 0 Å². The Morgan fingerprint density at radius 2 is 1.88 bits per heavy atom. The second-order valence-electron chi connectivity index (χ2n) is 5.99. The number of carbonyl (C=O) groups excluding carboxylic acids is 1. The maximum atomic E-state index is 13.8. The first kappa shape index (κ1) is 16.8. The zero-order valence-corrected chi connectivity index (χ0v) is 13.9. The molecular weight excluding hydrogens is 332 g/mol. The number of halogens is 2. The minimum atomic E-state index is -0.966. The van der Waals surface area contributed by atoms with Gasteiger partial charge in [-0.1, -0.05) is 18.2 Å². The summed E-state index contributed by atoms with van der Waals surface area (Å²) >= 11 is 0. The average molecular weight is 349 g/mol. The van der Waals surface area contributed by atoms with Gasteiger partial charge in [-0.25, -0.2) is 8.78 Å². The fourth-order valence-corrected chi connectivity index (χ4v) is 3.53. The SMILES string of the molecule is CS(=O)Cc1cccc(NC(=O)C2CC2c2c(F)cccc2F)c1. The molecule has 1 N–H and O–H groups in total. The minimum Gasteiger partial charge on any atom is -0.326 e. The van der Waals surface area contributed by atoms with Crippen LogP contribution in [0, 0.1) is 17.6 Å². The van der Waals surface area contributed by atoms with Crippen molar-refractivity contribution < 1.29 is 17.8 Å². The second-order valence-corrected chi connectivity index (χ2v) is 7.43. The highest BCUT2D eigenvalue weighted by Crippen LogP contribution is 2.49. The number of carbonyl (C=O) groups is 1. The Kier molecular flexibility index (Phi) is 4.76. The van der Waals surface area contributed by atoms with Crippen LogP contribution in [-0.4, -0.2) is 16.4 Å². The molecule has 1 aliphatic rings. The summed E-state index contributed by atoms with van der Waals surface area (Å²) in [4.78, 5) is 12.3. The van der Waals surface area contributed by atoms with Gasteiger partial charge >= 0.3 is 0 Å². The van der Waals surface area contributed by atoms with E-state index in [9.17, 15) is 17.8 Å². The number of nitrogens with one attached hydrogen (secondary N) is 1. The fourth-order valence-electron chi connectivity index (χ4n) is 2.88. The molecule has 3 rings (SSSR count). The molecule has 0 saturated heterocycles. The molecule has 1 saturated carbocycles. The third-order valence-corrected chi connectivity index (χ3v) is 4.80. The summed E-state index contributed by atoms with van der Waals surface area (Å²) in [6.45, 7) is 0. The predicted octanol–water partition coefficient (Wildman–Crippen LogP) is 3.59. The summed E-state index contributed by atoms with van der Waals surface area (Å²) < 4.78 is 38.8. The van der Waals surface area contributed by atoms with Crippen molar-refractivity contribution in [2.45, 2.75) is 18.1 Å². The lowest BCUT2D eigenvalue weighted by Gasteiger charge is -2.08. The summed E-state index contributed by atoms with van der Waals surface area (Å²) in [5, 5.41) is 2.77. The maximum absolute atomic E-state index is 13.8. The summed E-state index contributed by atoms with van der Waals surface area (Å²) in [5.41, 5.74) is 1.46. The first-order chi connectivity index (χ1) is 11.5. The molecule has 1 fully saturated rings. The lowest BCUT2D eigenvalue weighted by Crippen LogP contribution is -2.15. The normalized spacial score (nSPS) is 20.5. The monoisotopic (exact) mass is 349 g/mol. The van der Waals surface area contributed by atoms with E-state index in [-0.39, 0.29) is 11.5 Å². The zero-order valence-electron chi connectivity index (χ0n) is 13.1. The number of benzene rings is 2. The van der Waals surface area contributed by atoms with Crippen molar-refractivity contribution in [1.29, 1.82) is 0 Å². The first-order valence-corrected chi connectivity index (χ1v) is 9.32. The van der Waals surface area contributed by atoms with E-state index in [1.165, 1.54) is 18.2 Å². The van der Waals surface area contributed by atoms with Crippen LogP contribution in [-0.2, 0) is 21.3 Å². The lowest BCUT2D eigenvalue weighted by molar-refractivity contribution is -0.117. The van der Waals surface area contributed by atoms with Crippen LogP contribution in [0.15, 0.2) is 42.5 Å². The molecule has 0 spiro atoms. The van der Waals surface area contributed by atoms with E-state index in [1.807, 2.05) is 6.07 Å². The largest absolute Gasteiger partial charge is 0.326 e. The number of hydrogen-bond acceptors (Lipinski definition) is 2. The van der Waals surface area contributed by atoms with Gasteiger partial charge in [0.05, 0.1) is 0 Å². The molecule has 3 atom stereocenters. The van der Waals surface area contributed by atoms with Crippen molar-refractivity contribution in [3.05, 3.63) is 65.2 Å². The molecule has 1 aliphatic carbocycles. The number of hydrogen-bond donors (Lipinski definition) is 1. The van der Waals surface area contributed by atoms with Gasteiger partial charge in [-0.15, -0.1) is 0 Å². The number of rotatable bonds is 5. The van der Waals surface area contributed by atoms with Crippen LogP contribution in [0.2, 0.25) is 0 Å². The van der Waals surface area contributed by atoms with E-state index in [2.05, 4.69) is 5.32 Å². The van der Waals surface area contributed by atoms with Crippen molar-refractivity contribution in [3.8, 4) is 0 Å². The highest BCUT2D eigenvalue weighted by Gasteiger charge is 2.46. The van der Waals surface area contributed by atoms with Crippen molar-refractivity contribution in [2.24, 2.45) is 5.92 Å². The van der Waals surface area contributed by atoms with Crippen LogP contribution < -0.4 is 5.32 Å². The maximum Gasteiger partial charge on any atom is 0.228 e. The fraction of sp³-hybridized carbons (Fsp3) is 0.278. The van der Waals surface area contributed by atoms with Crippen molar-refractivity contribution in [3.63, 3.8) is 0 Å². The van der Waals surface area contributed by atoms with E-state index in [1.54, 1.807) is 24.5 Å². The van der Waals surface area contributed by atoms with Gasteiger partial charge in [-0.2, -0.15) is 0 Å². The van der Waals surface area contributed by atoms with Gasteiger partial charge in [0.1, 0.15) is 11.6 Å². The quantitative estimate of drug-likeness (QED) is 0.897. The lowest BCUT2D eigenvalue weighted by atomic mass is 10.1. The van der Waals surface area contributed by atoms with E-state index in [0.717, 1.165) is 5.56 Å². The molecule has 0 aliphatic heterocycles. The van der Waals surface area contributed by atoms with Gasteiger partial charge in [-0.05, 0) is 36.2 Å².